The Morgan fingerprint density at radius 1 is 1.10 bits per heavy atom. The number of aryl methyl sites for hydroxylation is 1. The van der Waals surface area contributed by atoms with E-state index in [-0.39, 0.29) is 11.8 Å². The second kappa shape index (κ2) is 7.29. The third-order valence-corrected chi connectivity index (χ3v) is 6.47. The summed E-state index contributed by atoms with van der Waals surface area (Å²) in [5, 5.41) is 9.54. The third kappa shape index (κ3) is 3.06. The van der Waals surface area contributed by atoms with Crippen molar-refractivity contribution in [3.63, 3.8) is 0 Å². The second-order valence-electron chi connectivity index (χ2n) is 8.14. The molecule has 0 amide bonds. The Labute approximate surface area is 185 Å². The van der Waals surface area contributed by atoms with E-state index >= 15 is 0 Å². The Bertz CT molecular complexity index is 1200. The van der Waals surface area contributed by atoms with E-state index < -0.39 is 0 Å². The Morgan fingerprint density at radius 3 is 2.60 bits per heavy atom. The van der Waals surface area contributed by atoms with Crippen molar-refractivity contribution in [2.75, 3.05) is 5.32 Å². The van der Waals surface area contributed by atoms with Gasteiger partial charge in [0, 0.05) is 38.9 Å². The fourth-order valence-electron chi connectivity index (χ4n) is 4.64. The summed E-state index contributed by atoms with van der Waals surface area (Å²) >= 11 is 12.8. The number of carbonyl (C=O) groups is 1. The highest BCUT2D eigenvalue weighted by Crippen LogP contribution is 2.47. The molecule has 1 aliphatic heterocycles. The van der Waals surface area contributed by atoms with E-state index in [0.29, 0.717) is 22.4 Å². The number of hydrogen-bond donors (Lipinski definition) is 1. The first-order chi connectivity index (χ1) is 14.4. The molecule has 1 N–H and O–H groups in total. The maximum absolute atomic E-state index is 13.2. The molecule has 0 spiro atoms. The maximum atomic E-state index is 13.2. The molecule has 152 valence electrons. The average molecular weight is 438 g/mol. The molecule has 5 rings (SSSR count). The van der Waals surface area contributed by atoms with E-state index in [4.69, 9.17) is 28.3 Å². The Morgan fingerprint density at radius 2 is 1.87 bits per heavy atom. The van der Waals surface area contributed by atoms with Gasteiger partial charge in [-0.05, 0) is 37.0 Å². The minimum Gasteiger partial charge on any atom is -0.343 e. The van der Waals surface area contributed by atoms with Crippen molar-refractivity contribution in [2.24, 2.45) is 5.92 Å². The Kier molecular flexibility index (Phi) is 4.72. The number of aromatic nitrogens is 2. The molecule has 2 heterocycles. The molecule has 30 heavy (non-hydrogen) atoms. The fraction of sp³-hybridized carbons (Fsp3) is 0.250. The van der Waals surface area contributed by atoms with Gasteiger partial charge in [0.25, 0.3) is 0 Å². The van der Waals surface area contributed by atoms with Crippen molar-refractivity contribution < 1.29 is 4.79 Å². The standard InChI is InChI=1S/C24H21Cl2N3O/c1-13-10-19-22(20(30)11-13)23(17-9-8-16(25)12-18(17)26)29-24(27-19)21(14(2)28-29)15-6-4-3-5-7-15/h3-9,12-13,23,27H,10-11H2,1-2H3/t13-,23+/m0/s1. The number of carbonyl (C=O) groups excluding carboxylic acids is 1. The molecule has 1 aromatic heterocycles. The van der Waals surface area contributed by atoms with Gasteiger partial charge in [0.2, 0.25) is 0 Å². The SMILES string of the molecule is Cc1nn2c(c1-c1ccccc1)NC1=C(C(=O)C[C@@H](C)C1)[C@H]2c1ccc(Cl)cc1Cl. The number of ketones is 1. The number of hydrogen-bond acceptors (Lipinski definition) is 3. The molecule has 0 saturated heterocycles. The molecule has 0 fully saturated rings. The van der Waals surface area contributed by atoms with Crippen molar-refractivity contribution >= 4 is 34.8 Å². The molecule has 2 aromatic carbocycles. The summed E-state index contributed by atoms with van der Waals surface area (Å²) < 4.78 is 1.92. The molecule has 1 aliphatic carbocycles. The second-order valence-corrected chi connectivity index (χ2v) is 8.99. The van der Waals surface area contributed by atoms with Gasteiger partial charge in [-0.2, -0.15) is 5.10 Å². The van der Waals surface area contributed by atoms with E-state index in [0.717, 1.165) is 45.9 Å². The van der Waals surface area contributed by atoms with Crippen molar-refractivity contribution in [1.82, 2.24) is 9.78 Å². The summed E-state index contributed by atoms with van der Waals surface area (Å²) in [6, 6.07) is 15.3. The topological polar surface area (TPSA) is 46.9 Å². The van der Waals surface area contributed by atoms with Crippen molar-refractivity contribution in [2.45, 2.75) is 32.7 Å². The zero-order chi connectivity index (χ0) is 21.0. The van der Waals surface area contributed by atoms with Crippen molar-refractivity contribution in [1.29, 1.82) is 0 Å². The normalized spacial score (nSPS) is 20.6. The van der Waals surface area contributed by atoms with Crippen LogP contribution in [0.5, 0.6) is 0 Å². The first-order valence-corrected chi connectivity index (χ1v) is 10.8. The van der Waals surface area contributed by atoms with Crippen LogP contribution in [-0.4, -0.2) is 15.6 Å². The van der Waals surface area contributed by atoms with Crippen molar-refractivity contribution in [3.05, 3.63) is 81.1 Å². The van der Waals surface area contributed by atoms with Crippen LogP contribution in [0, 0.1) is 12.8 Å². The Balaban J connectivity index is 1.77. The van der Waals surface area contributed by atoms with Gasteiger partial charge in [-0.15, -0.1) is 0 Å². The fourth-order valence-corrected chi connectivity index (χ4v) is 5.15. The number of anilines is 1. The molecule has 0 bridgehead atoms. The highest BCUT2D eigenvalue weighted by molar-refractivity contribution is 6.35. The van der Waals surface area contributed by atoms with Gasteiger partial charge in [0.1, 0.15) is 11.9 Å². The van der Waals surface area contributed by atoms with E-state index in [1.165, 1.54) is 0 Å². The summed E-state index contributed by atoms with van der Waals surface area (Å²) in [4.78, 5) is 13.2. The monoisotopic (exact) mass is 437 g/mol. The lowest BCUT2D eigenvalue weighted by Crippen LogP contribution is -2.33. The molecule has 0 radical (unpaired) electrons. The number of nitrogens with zero attached hydrogens (tertiary/aromatic N) is 2. The number of allylic oxidation sites excluding steroid dienone is 2. The summed E-state index contributed by atoms with van der Waals surface area (Å²) in [5.41, 5.74) is 5.60. The predicted octanol–water partition coefficient (Wildman–Crippen LogP) is 6.43. The number of halogens is 2. The Hall–Kier alpha value is -2.56. The van der Waals surface area contributed by atoms with Gasteiger partial charge in [-0.25, -0.2) is 4.68 Å². The molecule has 2 aliphatic rings. The van der Waals surface area contributed by atoms with Crippen LogP contribution in [0.15, 0.2) is 59.8 Å². The first-order valence-electron chi connectivity index (χ1n) is 10.1. The number of rotatable bonds is 2. The zero-order valence-corrected chi connectivity index (χ0v) is 18.3. The van der Waals surface area contributed by atoms with Gasteiger partial charge < -0.3 is 5.32 Å². The molecular formula is C24H21Cl2N3O. The highest BCUT2D eigenvalue weighted by Gasteiger charge is 2.39. The molecule has 4 nitrogen and oxygen atoms in total. The molecule has 0 saturated carbocycles. The largest absolute Gasteiger partial charge is 0.343 e. The van der Waals surface area contributed by atoms with Gasteiger partial charge in [0.15, 0.2) is 5.78 Å². The number of fused-ring (bicyclic) bond motifs is 1. The van der Waals surface area contributed by atoms with E-state index in [2.05, 4.69) is 24.4 Å². The van der Waals surface area contributed by atoms with Crippen LogP contribution in [0.25, 0.3) is 11.1 Å². The van der Waals surface area contributed by atoms with Crippen LogP contribution in [0.1, 0.15) is 37.1 Å². The molecular weight excluding hydrogens is 417 g/mol. The lowest BCUT2D eigenvalue weighted by atomic mass is 9.81. The first kappa shape index (κ1) is 19.4. The summed E-state index contributed by atoms with van der Waals surface area (Å²) in [6.45, 7) is 4.11. The van der Waals surface area contributed by atoms with Crippen LogP contribution in [0.3, 0.4) is 0 Å². The molecule has 3 aromatic rings. The third-order valence-electron chi connectivity index (χ3n) is 5.90. The smallest absolute Gasteiger partial charge is 0.163 e. The van der Waals surface area contributed by atoms with Crippen LogP contribution >= 0.6 is 23.2 Å². The van der Waals surface area contributed by atoms with E-state index in [9.17, 15) is 4.79 Å². The zero-order valence-electron chi connectivity index (χ0n) is 16.7. The minimum atomic E-state index is -0.378. The summed E-state index contributed by atoms with van der Waals surface area (Å²) in [6.07, 6.45) is 1.35. The van der Waals surface area contributed by atoms with Crippen LogP contribution in [0.2, 0.25) is 10.0 Å². The summed E-state index contributed by atoms with van der Waals surface area (Å²) in [7, 11) is 0. The van der Waals surface area contributed by atoms with Crippen LogP contribution in [0.4, 0.5) is 5.82 Å². The lowest BCUT2D eigenvalue weighted by Gasteiger charge is -2.35. The maximum Gasteiger partial charge on any atom is 0.163 e. The van der Waals surface area contributed by atoms with E-state index in [1.54, 1.807) is 6.07 Å². The van der Waals surface area contributed by atoms with Gasteiger partial charge in [0.05, 0.1) is 5.69 Å². The van der Waals surface area contributed by atoms with Crippen LogP contribution in [-0.2, 0) is 4.79 Å². The lowest BCUT2D eigenvalue weighted by molar-refractivity contribution is -0.117. The van der Waals surface area contributed by atoms with Crippen LogP contribution < -0.4 is 5.32 Å². The molecule has 0 unspecified atom stereocenters. The number of Topliss-reactive ketones (excluding diaryl/α,β-unsaturated/α-hetero) is 1. The predicted molar refractivity (Wildman–Crippen MR) is 121 cm³/mol. The molecule has 2 atom stereocenters. The van der Waals surface area contributed by atoms with Gasteiger partial charge >= 0.3 is 0 Å². The van der Waals surface area contributed by atoms with Gasteiger partial charge in [-0.3, -0.25) is 4.79 Å². The summed E-state index contributed by atoms with van der Waals surface area (Å²) in [5.74, 6) is 1.34. The quantitative estimate of drug-likeness (QED) is 0.501. The molecule has 6 heteroatoms. The number of benzene rings is 2. The average Bonchev–Trinajstić information content (AvgIpc) is 3.02. The van der Waals surface area contributed by atoms with E-state index in [1.807, 2.05) is 41.9 Å². The number of nitrogens with one attached hydrogen (secondary N) is 1. The van der Waals surface area contributed by atoms with Crippen molar-refractivity contribution in [3.8, 4) is 11.1 Å². The highest BCUT2D eigenvalue weighted by atomic mass is 35.5. The minimum absolute atomic E-state index is 0.146. The van der Waals surface area contributed by atoms with Gasteiger partial charge in [-0.1, -0.05) is 66.5 Å².